The first-order chi connectivity index (χ1) is 8.16. The molecule has 1 aliphatic heterocycles. The molecular formula is C12H19NO3S. The number of amides is 1. The Hall–Kier alpha value is -0.710. The molecule has 1 unspecified atom stereocenters. The molecule has 1 saturated heterocycles. The summed E-state index contributed by atoms with van der Waals surface area (Å²) in [6.07, 6.45) is 4.11. The van der Waals surface area contributed by atoms with E-state index in [1.807, 2.05) is 11.8 Å². The summed E-state index contributed by atoms with van der Waals surface area (Å²) >= 11 is 1.88. The van der Waals surface area contributed by atoms with Crippen LogP contribution in [0.4, 0.5) is 0 Å². The molecule has 1 aliphatic carbocycles. The largest absolute Gasteiger partial charge is 0.481 e. The number of carboxylic acids is 1. The van der Waals surface area contributed by atoms with Crippen LogP contribution in [-0.2, 0) is 9.59 Å². The van der Waals surface area contributed by atoms with Crippen molar-refractivity contribution < 1.29 is 14.7 Å². The van der Waals surface area contributed by atoms with Gasteiger partial charge in [0.25, 0.3) is 0 Å². The van der Waals surface area contributed by atoms with E-state index in [4.69, 9.17) is 5.11 Å². The van der Waals surface area contributed by atoms with Crippen molar-refractivity contribution in [3.05, 3.63) is 0 Å². The maximum Gasteiger partial charge on any atom is 0.306 e. The third-order valence-electron chi connectivity index (χ3n) is 3.66. The summed E-state index contributed by atoms with van der Waals surface area (Å²) in [5, 5.41) is 12.0. The van der Waals surface area contributed by atoms with Gasteiger partial charge in [-0.1, -0.05) is 0 Å². The summed E-state index contributed by atoms with van der Waals surface area (Å²) in [5.41, 5.74) is 0. The summed E-state index contributed by atoms with van der Waals surface area (Å²) in [4.78, 5) is 22.8. The second-order valence-electron chi connectivity index (χ2n) is 4.97. The third kappa shape index (κ3) is 3.37. The van der Waals surface area contributed by atoms with Gasteiger partial charge in [-0.15, -0.1) is 0 Å². The van der Waals surface area contributed by atoms with Crippen molar-refractivity contribution in [2.45, 2.75) is 38.1 Å². The molecule has 3 atom stereocenters. The zero-order chi connectivity index (χ0) is 12.3. The quantitative estimate of drug-likeness (QED) is 0.804. The van der Waals surface area contributed by atoms with Gasteiger partial charge in [0.2, 0.25) is 5.91 Å². The normalized spacial score (nSPS) is 33.3. The standard InChI is InChI=1S/C12H19NO3S/c14-11(13-10-2-1-5-17-7-10)8-3-4-9(6-8)12(15)16/h8-10H,1-7H2,(H,13,14)(H,15,16)/t8-,9+,10?/m1/s1. The molecule has 0 aromatic heterocycles. The predicted octanol–water partition coefficient (Wildman–Crippen LogP) is 1.50. The van der Waals surface area contributed by atoms with Crippen LogP contribution in [0.2, 0.25) is 0 Å². The van der Waals surface area contributed by atoms with Gasteiger partial charge in [-0.3, -0.25) is 9.59 Å². The Kier molecular flexibility index (Phi) is 4.31. The predicted molar refractivity (Wildman–Crippen MR) is 67.0 cm³/mol. The van der Waals surface area contributed by atoms with E-state index in [0.717, 1.165) is 25.0 Å². The number of carbonyl (C=O) groups is 2. The van der Waals surface area contributed by atoms with Crippen LogP contribution in [0.3, 0.4) is 0 Å². The fourth-order valence-electron chi connectivity index (χ4n) is 2.62. The molecule has 2 aliphatic rings. The van der Waals surface area contributed by atoms with Crippen LogP contribution in [-0.4, -0.2) is 34.5 Å². The molecule has 1 heterocycles. The van der Waals surface area contributed by atoms with Gasteiger partial charge in [-0.05, 0) is 37.9 Å². The molecule has 0 radical (unpaired) electrons. The van der Waals surface area contributed by atoms with Gasteiger partial charge in [-0.25, -0.2) is 0 Å². The van der Waals surface area contributed by atoms with Gasteiger partial charge < -0.3 is 10.4 Å². The van der Waals surface area contributed by atoms with Crippen LogP contribution in [0.15, 0.2) is 0 Å². The number of aliphatic carboxylic acids is 1. The van der Waals surface area contributed by atoms with E-state index in [0.29, 0.717) is 18.9 Å². The van der Waals surface area contributed by atoms with Gasteiger partial charge in [0.05, 0.1) is 5.92 Å². The molecule has 5 heteroatoms. The Bertz CT molecular complexity index is 302. The topological polar surface area (TPSA) is 66.4 Å². The minimum absolute atomic E-state index is 0.0706. The number of carboxylic acid groups (broad SMARTS) is 1. The second kappa shape index (κ2) is 5.76. The Balaban J connectivity index is 1.78. The van der Waals surface area contributed by atoms with E-state index in [9.17, 15) is 9.59 Å². The number of nitrogens with one attached hydrogen (secondary N) is 1. The fourth-order valence-corrected chi connectivity index (χ4v) is 3.69. The molecule has 2 rings (SSSR count). The Morgan fingerprint density at radius 3 is 2.53 bits per heavy atom. The van der Waals surface area contributed by atoms with Crippen LogP contribution >= 0.6 is 11.8 Å². The molecule has 0 bridgehead atoms. The summed E-state index contributed by atoms with van der Waals surface area (Å²) in [5.74, 6) is 1.11. The molecule has 1 amide bonds. The van der Waals surface area contributed by atoms with Gasteiger partial charge in [0.1, 0.15) is 0 Å². The monoisotopic (exact) mass is 257 g/mol. The smallest absolute Gasteiger partial charge is 0.306 e. The lowest BCUT2D eigenvalue weighted by molar-refractivity contribution is -0.141. The van der Waals surface area contributed by atoms with Crippen molar-refractivity contribution in [3.63, 3.8) is 0 Å². The molecular weight excluding hydrogens is 238 g/mol. The van der Waals surface area contributed by atoms with Crippen molar-refractivity contribution in [3.8, 4) is 0 Å². The van der Waals surface area contributed by atoms with Gasteiger partial charge in [-0.2, -0.15) is 11.8 Å². The molecule has 4 nitrogen and oxygen atoms in total. The number of hydrogen-bond acceptors (Lipinski definition) is 3. The minimum Gasteiger partial charge on any atom is -0.481 e. The molecule has 1 saturated carbocycles. The molecule has 2 fully saturated rings. The van der Waals surface area contributed by atoms with Gasteiger partial charge in [0, 0.05) is 17.7 Å². The summed E-state index contributed by atoms with van der Waals surface area (Å²) in [6.45, 7) is 0. The molecule has 96 valence electrons. The Morgan fingerprint density at radius 2 is 1.94 bits per heavy atom. The second-order valence-corrected chi connectivity index (χ2v) is 6.12. The van der Waals surface area contributed by atoms with Crippen molar-refractivity contribution in [2.75, 3.05) is 11.5 Å². The molecule has 0 aromatic carbocycles. The molecule has 2 N–H and O–H groups in total. The van der Waals surface area contributed by atoms with Crippen molar-refractivity contribution >= 4 is 23.6 Å². The number of carbonyl (C=O) groups excluding carboxylic acids is 1. The minimum atomic E-state index is -0.756. The van der Waals surface area contributed by atoms with E-state index in [-0.39, 0.29) is 17.7 Å². The van der Waals surface area contributed by atoms with E-state index >= 15 is 0 Å². The summed E-state index contributed by atoms with van der Waals surface area (Å²) < 4.78 is 0. The Morgan fingerprint density at radius 1 is 1.18 bits per heavy atom. The zero-order valence-corrected chi connectivity index (χ0v) is 10.7. The average Bonchev–Trinajstić information content (AvgIpc) is 2.79. The first-order valence-electron chi connectivity index (χ1n) is 6.27. The lowest BCUT2D eigenvalue weighted by Crippen LogP contribution is -2.41. The highest BCUT2D eigenvalue weighted by molar-refractivity contribution is 7.99. The number of rotatable bonds is 3. The van der Waals surface area contributed by atoms with Crippen molar-refractivity contribution in [1.29, 1.82) is 0 Å². The highest BCUT2D eigenvalue weighted by Crippen LogP contribution is 2.31. The number of thioether (sulfide) groups is 1. The van der Waals surface area contributed by atoms with Crippen LogP contribution in [0, 0.1) is 11.8 Å². The highest BCUT2D eigenvalue weighted by atomic mass is 32.2. The fraction of sp³-hybridized carbons (Fsp3) is 0.833. The van der Waals surface area contributed by atoms with Gasteiger partial charge >= 0.3 is 5.97 Å². The average molecular weight is 257 g/mol. The van der Waals surface area contributed by atoms with Crippen molar-refractivity contribution in [2.24, 2.45) is 11.8 Å². The van der Waals surface area contributed by atoms with Gasteiger partial charge in [0.15, 0.2) is 0 Å². The third-order valence-corrected chi connectivity index (χ3v) is 4.87. The van der Waals surface area contributed by atoms with E-state index in [1.54, 1.807) is 0 Å². The maximum atomic E-state index is 12.0. The SMILES string of the molecule is O=C(O)[C@H]1CC[C@@H](C(=O)NC2CCCSC2)C1. The molecule has 17 heavy (non-hydrogen) atoms. The van der Waals surface area contributed by atoms with Crippen LogP contribution in [0.25, 0.3) is 0 Å². The maximum absolute atomic E-state index is 12.0. The van der Waals surface area contributed by atoms with Crippen LogP contribution < -0.4 is 5.32 Å². The first-order valence-corrected chi connectivity index (χ1v) is 7.43. The van der Waals surface area contributed by atoms with E-state index in [1.165, 1.54) is 5.75 Å². The van der Waals surface area contributed by atoms with Crippen molar-refractivity contribution in [1.82, 2.24) is 5.32 Å². The number of hydrogen-bond donors (Lipinski definition) is 2. The zero-order valence-electron chi connectivity index (χ0n) is 9.85. The van der Waals surface area contributed by atoms with E-state index < -0.39 is 5.97 Å². The molecule has 0 spiro atoms. The summed E-state index contributed by atoms with van der Waals surface area (Å²) in [6, 6.07) is 0.296. The first kappa shape index (κ1) is 12.7. The lowest BCUT2D eigenvalue weighted by atomic mass is 10.0. The van der Waals surface area contributed by atoms with Crippen LogP contribution in [0.1, 0.15) is 32.1 Å². The van der Waals surface area contributed by atoms with E-state index in [2.05, 4.69) is 5.32 Å². The molecule has 0 aromatic rings. The highest BCUT2D eigenvalue weighted by Gasteiger charge is 2.34. The lowest BCUT2D eigenvalue weighted by Gasteiger charge is -2.24. The summed E-state index contributed by atoms with van der Waals surface area (Å²) in [7, 11) is 0. The Labute approximate surface area is 106 Å². The van der Waals surface area contributed by atoms with Crippen LogP contribution in [0.5, 0.6) is 0 Å².